The molecule has 2 aromatic carbocycles. The van der Waals surface area contributed by atoms with E-state index in [-0.39, 0.29) is 5.56 Å². The molecule has 0 saturated carbocycles. The summed E-state index contributed by atoms with van der Waals surface area (Å²) in [6.45, 7) is 3.02. The highest BCUT2D eigenvalue weighted by Crippen LogP contribution is 2.44. The van der Waals surface area contributed by atoms with Crippen LogP contribution in [0.25, 0.3) is 21.8 Å². The van der Waals surface area contributed by atoms with Crippen LogP contribution in [-0.4, -0.2) is 40.0 Å². The van der Waals surface area contributed by atoms with Crippen LogP contribution in [0.1, 0.15) is 35.9 Å². The summed E-state index contributed by atoms with van der Waals surface area (Å²) in [4.78, 5) is 15.8. The molecular formula is C19H19NO5. The van der Waals surface area contributed by atoms with Gasteiger partial charge in [-0.1, -0.05) is 18.2 Å². The predicted octanol–water partition coefficient (Wildman–Crippen LogP) is 2.67. The summed E-state index contributed by atoms with van der Waals surface area (Å²) in [6, 6.07) is 9.20. The number of methoxy groups -OCH3 is 1. The van der Waals surface area contributed by atoms with E-state index in [9.17, 15) is 15.0 Å². The molecule has 0 radical (unpaired) electrons. The number of hydrogen-bond acceptors (Lipinski definition) is 5. The van der Waals surface area contributed by atoms with Gasteiger partial charge in [0.15, 0.2) is 6.10 Å². The van der Waals surface area contributed by atoms with Gasteiger partial charge in [0.2, 0.25) is 0 Å². The number of ether oxygens (including phenoxy) is 2. The van der Waals surface area contributed by atoms with Crippen LogP contribution in [0.15, 0.2) is 30.3 Å². The van der Waals surface area contributed by atoms with E-state index in [0.717, 1.165) is 10.9 Å². The molecule has 0 fully saturated rings. The van der Waals surface area contributed by atoms with E-state index in [2.05, 4.69) is 4.98 Å². The third-order valence-electron chi connectivity index (χ3n) is 4.74. The van der Waals surface area contributed by atoms with E-state index in [1.54, 1.807) is 6.07 Å². The molecule has 3 N–H and O–H groups in total. The summed E-state index contributed by atoms with van der Waals surface area (Å²) in [5, 5.41) is 22.8. The van der Waals surface area contributed by atoms with Gasteiger partial charge in [0, 0.05) is 21.9 Å². The van der Waals surface area contributed by atoms with Gasteiger partial charge in [-0.25, -0.2) is 4.79 Å². The number of benzene rings is 2. The smallest absolute Gasteiger partial charge is 0.339 e. The number of carbonyl (C=O) groups is 1. The number of para-hydroxylation sites is 1. The Hall–Kier alpha value is -2.57. The van der Waals surface area contributed by atoms with E-state index >= 15 is 0 Å². The van der Waals surface area contributed by atoms with Crippen LogP contribution < -0.4 is 4.74 Å². The average molecular weight is 341 g/mol. The number of aromatic nitrogens is 1. The Morgan fingerprint density at radius 1 is 1.28 bits per heavy atom. The molecule has 130 valence electrons. The highest BCUT2D eigenvalue weighted by Gasteiger charge is 2.44. The molecule has 3 aromatic rings. The summed E-state index contributed by atoms with van der Waals surface area (Å²) in [6.07, 6.45) is -2.21. The lowest BCUT2D eigenvalue weighted by molar-refractivity contribution is -0.121. The SMILES string of the molecule is COc1cc2c(c3c1[nH]c1ccccc13)[C@@H](O)[C@@H](C(C)(C)O)OC2=O. The van der Waals surface area contributed by atoms with Crippen molar-refractivity contribution in [3.05, 3.63) is 41.5 Å². The fraction of sp³-hybridized carbons (Fsp3) is 0.316. The molecule has 6 heteroatoms. The zero-order chi connectivity index (χ0) is 17.9. The number of cyclic esters (lactones) is 1. The maximum absolute atomic E-state index is 12.5. The Morgan fingerprint density at radius 2 is 2.00 bits per heavy atom. The Balaban J connectivity index is 2.13. The van der Waals surface area contributed by atoms with Crippen LogP contribution in [0, 0.1) is 0 Å². The number of aromatic amines is 1. The third-order valence-corrected chi connectivity index (χ3v) is 4.74. The largest absolute Gasteiger partial charge is 0.495 e. The number of rotatable bonds is 2. The molecule has 4 rings (SSSR count). The molecular weight excluding hydrogens is 322 g/mol. The Bertz CT molecular complexity index is 998. The van der Waals surface area contributed by atoms with Gasteiger partial charge < -0.3 is 24.7 Å². The Labute approximate surface area is 144 Å². The van der Waals surface area contributed by atoms with Gasteiger partial charge in [-0.15, -0.1) is 0 Å². The van der Waals surface area contributed by atoms with Crippen LogP contribution in [0.5, 0.6) is 5.75 Å². The van der Waals surface area contributed by atoms with Crippen molar-refractivity contribution in [3.8, 4) is 5.75 Å². The predicted molar refractivity (Wildman–Crippen MR) is 92.8 cm³/mol. The first kappa shape index (κ1) is 15.9. The number of esters is 1. The van der Waals surface area contributed by atoms with E-state index in [4.69, 9.17) is 9.47 Å². The average Bonchev–Trinajstić information content (AvgIpc) is 2.95. The molecule has 2 heterocycles. The van der Waals surface area contributed by atoms with Gasteiger partial charge in [0.05, 0.1) is 23.8 Å². The summed E-state index contributed by atoms with van der Waals surface area (Å²) in [5.74, 6) is -0.0892. The molecule has 0 amide bonds. The van der Waals surface area contributed by atoms with Crippen LogP contribution in [0.4, 0.5) is 0 Å². The minimum absolute atomic E-state index is 0.252. The van der Waals surface area contributed by atoms with E-state index in [1.807, 2.05) is 24.3 Å². The van der Waals surface area contributed by atoms with Crippen molar-refractivity contribution in [3.63, 3.8) is 0 Å². The summed E-state index contributed by atoms with van der Waals surface area (Å²) < 4.78 is 10.8. The van der Waals surface area contributed by atoms with Crippen molar-refractivity contribution in [2.75, 3.05) is 7.11 Å². The number of hydrogen-bond donors (Lipinski definition) is 3. The summed E-state index contributed by atoms with van der Waals surface area (Å²) in [5.41, 5.74) is 0.894. The molecule has 2 atom stereocenters. The van der Waals surface area contributed by atoms with Crippen molar-refractivity contribution in [1.82, 2.24) is 4.98 Å². The molecule has 0 aliphatic carbocycles. The summed E-state index contributed by atoms with van der Waals surface area (Å²) >= 11 is 0. The van der Waals surface area contributed by atoms with Crippen LogP contribution in [0.3, 0.4) is 0 Å². The van der Waals surface area contributed by atoms with Gasteiger partial charge in [-0.05, 0) is 26.0 Å². The Kier molecular flexibility index (Phi) is 3.32. The van der Waals surface area contributed by atoms with Gasteiger partial charge in [-0.3, -0.25) is 0 Å². The Morgan fingerprint density at radius 3 is 2.68 bits per heavy atom. The first-order chi connectivity index (χ1) is 11.8. The fourth-order valence-corrected chi connectivity index (χ4v) is 3.58. The van der Waals surface area contributed by atoms with Gasteiger partial charge in [-0.2, -0.15) is 0 Å². The molecule has 0 bridgehead atoms. The first-order valence-electron chi connectivity index (χ1n) is 8.05. The maximum atomic E-state index is 12.5. The van der Waals surface area contributed by atoms with Crippen molar-refractivity contribution in [2.45, 2.75) is 31.7 Å². The van der Waals surface area contributed by atoms with E-state index in [0.29, 0.717) is 22.2 Å². The van der Waals surface area contributed by atoms with Crippen LogP contribution >= 0.6 is 0 Å². The highest BCUT2D eigenvalue weighted by molar-refractivity contribution is 6.14. The minimum atomic E-state index is -1.38. The fourth-order valence-electron chi connectivity index (χ4n) is 3.58. The van der Waals surface area contributed by atoms with Crippen molar-refractivity contribution in [2.24, 2.45) is 0 Å². The quantitative estimate of drug-likeness (QED) is 0.623. The summed E-state index contributed by atoms with van der Waals surface area (Å²) in [7, 11) is 1.52. The number of nitrogens with one attached hydrogen (secondary N) is 1. The molecule has 0 saturated heterocycles. The van der Waals surface area contributed by atoms with E-state index < -0.39 is 23.8 Å². The van der Waals surface area contributed by atoms with E-state index in [1.165, 1.54) is 21.0 Å². The second-order valence-electron chi connectivity index (χ2n) is 6.89. The number of carbonyl (C=O) groups excluding carboxylic acids is 1. The van der Waals surface area contributed by atoms with Gasteiger partial charge in [0.25, 0.3) is 0 Å². The lowest BCUT2D eigenvalue weighted by Crippen LogP contribution is -2.46. The lowest BCUT2D eigenvalue weighted by atomic mass is 9.85. The number of H-pyrrole nitrogens is 1. The molecule has 1 aliphatic heterocycles. The molecule has 25 heavy (non-hydrogen) atoms. The second-order valence-corrected chi connectivity index (χ2v) is 6.89. The first-order valence-corrected chi connectivity index (χ1v) is 8.05. The van der Waals surface area contributed by atoms with Crippen molar-refractivity contribution < 1.29 is 24.5 Å². The highest BCUT2D eigenvalue weighted by atomic mass is 16.6. The topological polar surface area (TPSA) is 91.8 Å². The zero-order valence-electron chi connectivity index (χ0n) is 14.2. The molecule has 6 nitrogen and oxygen atoms in total. The van der Waals surface area contributed by atoms with Crippen molar-refractivity contribution >= 4 is 27.8 Å². The third kappa shape index (κ3) is 2.22. The number of aliphatic hydroxyl groups is 2. The van der Waals surface area contributed by atoms with Gasteiger partial charge in [0.1, 0.15) is 11.9 Å². The minimum Gasteiger partial charge on any atom is -0.495 e. The zero-order valence-corrected chi connectivity index (χ0v) is 14.2. The van der Waals surface area contributed by atoms with Crippen LogP contribution in [0.2, 0.25) is 0 Å². The molecule has 0 spiro atoms. The number of fused-ring (bicyclic) bond motifs is 5. The van der Waals surface area contributed by atoms with Gasteiger partial charge >= 0.3 is 5.97 Å². The molecule has 1 aliphatic rings. The van der Waals surface area contributed by atoms with Crippen LogP contribution in [-0.2, 0) is 4.74 Å². The molecule has 0 unspecified atom stereocenters. The monoisotopic (exact) mass is 341 g/mol. The normalized spacial score (nSPS) is 20.6. The standard InChI is InChI=1S/C19H19NO5/c1-19(2,23)17-16(21)14-10(18(22)25-17)8-12(24-3)15-13(14)9-6-4-5-7-11(9)20-15/h4-8,16-17,20-21,23H,1-3H3/t16-,17+/m1/s1. The number of aliphatic hydroxyl groups excluding tert-OH is 1. The lowest BCUT2D eigenvalue weighted by Gasteiger charge is -2.37. The second kappa shape index (κ2) is 5.21. The maximum Gasteiger partial charge on any atom is 0.339 e. The molecule has 1 aromatic heterocycles. The van der Waals surface area contributed by atoms with Crippen molar-refractivity contribution in [1.29, 1.82) is 0 Å².